The standard InChI is InChI=1S/C49H31N3.C21H13Br2N3.C14H13BO2/c1-3-15-32(16-4-1)47-50-48(33-17-5-2-6-18-33)52-49(51-47)38-28-36(45-30-34-19-7-9-21-39(34)41-23-11-13-25-43(41)45)27-37(29-38)46-31-35-20-8-10-22-40(35)42-24-12-14-26-44(42)46;22-17-11-16(12-18(23)13-17)21-25-19(14-7-3-1-4-8-14)24-20(26-21)15-9-5-2-6-10-15;16-15(17)14-9-10-5-1-2-6-11(10)12-7-3-4-8-13(12)14/h1-31H;1-13H;1-9,11-12,16-17H. The molecule has 17 rings (SSSR count). The minimum Gasteiger partial charge on any atom is -0.423 e. The lowest BCUT2D eigenvalue weighted by molar-refractivity contribution is 0.418. The molecule has 3 aliphatic carbocycles. The van der Waals surface area contributed by atoms with Gasteiger partial charge in [0.1, 0.15) is 0 Å². The number of hydrogen-bond donors (Lipinski definition) is 2. The van der Waals surface area contributed by atoms with Gasteiger partial charge in [0.2, 0.25) is 0 Å². The van der Waals surface area contributed by atoms with E-state index in [2.05, 4.69) is 196 Å². The van der Waals surface area contributed by atoms with Gasteiger partial charge in [0.25, 0.3) is 0 Å². The van der Waals surface area contributed by atoms with E-state index in [0.29, 0.717) is 46.3 Å². The summed E-state index contributed by atoms with van der Waals surface area (Å²) in [6.07, 6.45) is 18.2. The lowest BCUT2D eigenvalue weighted by Gasteiger charge is -2.33. The molecule has 95 heavy (non-hydrogen) atoms. The van der Waals surface area contributed by atoms with E-state index in [9.17, 15) is 10.0 Å². The van der Waals surface area contributed by atoms with Crippen molar-refractivity contribution in [2.45, 2.75) is 0 Å². The van der Waals surface area contributed by atoms with Gasteiger partial charge in [0.05, 0.1) is 0 Å². The van der Waals surface area contributed by atoms with E-state index in [-0.39, 0.29) is 5.92 Å². The van der Waals surface area contributed by atoms with Crippen molar-refractivity contribution in [3.8, 4) is 90.6 Å². The van der Waals surface area contributed by atoms with Crippen molar-refractivity contribution in [3.63, 3.8) is 0 Å². The van der Waals surface area contributed by atoms with Crippen molar-refractivity contribution in [2.75, 3.05) is 0 Å². The van der Waals surface area contributed by atoms with Crippen molar-refractivity contribution >= 4 is 82.1 Å². The van der Waals surface area contributed by atoms with E-state index in [1.54, 1.807) is 0 Å². The fourth-order valence-electron chi connectivity index (χ4n) is 12.9. The summed E-state index contributed by atoms with van der Waals surface area (Å²) in [6, 6.07) is 92.5. The van der Waals surface area contributed by atoms with Gasteiger partial charge in [-0.25, -0.2) is 29.9 Å². The van der Waals surface area contributed by atoms with Crippen molar-refractivity contribution in [2.24, 2.45) is 11.8 Å². The highest BCUT2D eigenvalue weighted by Crippen LogP contribution is 2.44. The Morgan fingerprint density at radius 1 is 0.295 bits per heavy atom. The summed E-state index contributed by atoms with van der Waals surface area (Å²) >= 11 is 7.07. The van der Waals surface area contributed by atoms with Crippen molar-refractivity contribution in [1.82, 2.24) is 29.9 Å². The van der Waals surface area contributed by atoms with E-state index in [4.69, 9.17) is 29.9 Å². The van der Waals surface area contributed by atoms with Crippen LogP contribution in [0.15, 0.2) is 347 Å². The first-order valence-electron chi connectivity index (χ1n) is 31.4. The van der Waals surface area contributed by atoms with Gasteiger partial charge >= 0.3 is 7.12 Å². The third-order valence-corrected chi connectivity index (χ3v) is 18.3. The zero-order valence-corrected chi connectivity index (χ0v) is 54.3. The second-order valence-corrected chi connectivity index (χ2v) is 25.2. The third kappa shape index (κ3) is 12.7. The highest BCUT2D eigenvalue weighted by molar-refractivity contribution is 9.11. The Bertz CT molecular complexity index is 5170. The van der Waals surface area contributed by atoms with Gasteiger partial charge in [-0.3, -0.25) is 0 Å². The maximum atomic E-state index is 9.46. The first kappa shape index (κ1) is 60.3. The molecule has 0 saturated heterocycles. The van der Waals surface area contributed by atoms with Crippen LogP contribution in [0.4, 0.5) is 0 Å². The van der Waals surface area contributed by atoms with E-state index in [1.807, 2.05) is 158 Å². The zero-order chi connectivity index (χ0) is 64.2. The van der Waals surface area contributed by atoms with Crippen LogP contribution in [0.25, 0.3) is 134 Å². The predicted octanol–water partition coefficient (Wildman–Crippen LogP) is 20.9. The molecule has 2 atom stereocenters. The number of aromatic nitrogens is 6. The summed E-state index contributed by atoms with van der Waals surface area (Å²) < 4.78 is 1.93. The van der Waals surface area contributed by atoms with E-state index >= 15 is 0 Å². The zero-order valence-electron chi connectivity index (χ0n) is 51.2. The number of allylic oxidation sites excluding steroid dienone is 12. The maximum absolute atomic E-state index is 9.46. The minimum absolute atomic E-state index is 0.220. The summed E-state index contributed by atoms with van der Waals surface area (Å²) in [5.41, 5.74) is 13.0. The normalized spacial score (nSPS) is 14.4. The van der Waals surface area contributed by atoms with E-state index in [0.717, 1.165) is 64.6 Å². The second-order valence-electron chi connectivity index (χ2n) is 23.4. The van der Waals surface area contributed by atoms with Gasteiger partial charge < -0.3 is 10.0 Å². The maximum Gasteiger partial charge on any atom is 0.488 e. The molecule has 3 aliphatic rings. The number of nitrogens with zero attached hydrogens (tertiary/aromatic N) is 6. The van der Waals surface area contributed by atoms with E-state index in [1.165, 1.54) is 54.2 Å². The Balaban J connectivity index is 0.000000142. The van der Waals surface area contributed by atoms with Gasteiger partial charge in [-0.15, -0.1) is 0 Å². The molecule has 2 aromatic heterocycles. The topological polar surface area (TPSA) is 118 Å². The quantitative estimate of drug-likeness (QED) is 0.108. The van der Waals surface area contributed by atoms with E-state index < -0.39 is 7.12 Å². The molecule has 2 heterocycles. The summed E-state index contributed by atoms with van der Waals surface area (Å²) in [7, 11) is -1.41. The van der Waals surface area contributed by atoms with Gasteiger partial charge in [-0.1, -0.05) is 305 Å². The van der Waals surface area contributed by atoms with Crippen LogP contribution in [0, 0.1) is 11.8 Å². The summed E-state index contributed by atoms with van der Waals surface area (Å²) in [5.74, 6) is 4.41. The molecule has 2 unspecified atom stereocenters. The molecule has 0 aliphatic heterocycles. The van der Waals surface area contributed by atoms with Crippen LogP contribution in [0.2, 0.25) is 0 Å². The third-order valence-electron chi connectivity index (χ3n) is 17.4. The van der Waals surface area contributed by atoms with Gasteiger partial charge in [-0.2, -0.15) is 0 Å². The molecule has 14 aromatic rings. The lowest BCUT2D eigenvalue weighted by Crippen LogP contribution is -2.27. The van der Waals surface area contributed by atoms with Crippen molar-refractivity contribution in [1.29, 1.82) is 0 Å². The SMILES string of the molecule is Brc1cc(Br)cc(-c2nc(-c3ccccc3)nc(-c3ccccc3)n2)c1.OB(O)C1=C2C=CC=CC2C2C=CC=CC2=C1.c1ccc(-c2nc(-c3ccccc3)nc(-c3cc(-c4cc5ccccc5c5ccccc45)cc(-c4cc5ccccc5c5ccccc45)c3)n2)cc1. The largest absolute Gasteiger partial charge is 0.488 e. The van der Waals surface area contributed by atoms with Gasteiger partial charge in [0, 0.05) is 54.2 Å². The molecule has 11 heteroatoms. The average molecular weight is 1350 g/mol. The smallest absolute Gasteiger partial charge is 0.423 e. The van der Waals surface area contributed by atoms with Crippen molar-refractivity contribution in [3.05, 3.63) is 347 Å². The number of hydrogen-bond acceptors (Lipinski definition) is 8. The average Bonchev–Trinajstić information content (AvgIpc) is 0.776. The highest BCUT2D eigenvalue weighted by atomic mass is 79.9. The monoisotopic (exact) mass is 1350 g/mol. The first-order chi connectivity index (χ1) is 46.7. The van der Waals surface area contributed by atoms with Crippen LogP contribution in [-0.4, -0.2) is 47.1 Å². The Morgan fingerprint density at radius 2 is 0.632 bits per heavy atom. The van der Waals surface area contributed by atoms with Crippen LogP contribution in [-0.2, 0) is 0 Å². The van der Waals surface area contributed by atoms with Crippen LogP contribution >= 0.6 is 31.9 Å². The summed E-state index contributed by atoms with van der Waals surface area (Å²) in [6.45, 7) is 0. The molecule has 2 N–H and O–H groups in total. The fraction of sp³-hybridized carbons (Fsp3) is 0.0238. The Kier molecular flexibility index (Phi) is 17.1. The molecule has 0 saturated carbocycles. The molecule has 8 nitrogen and oxygen atoms in total. The minimum atomic E-state index is -1.41. The summed E-state index contributed by atoms with van der Waals surface area (Å²) in [4.78, 5) is 29.5. The van der Waals surface area contributed by atoms with Crippen LogP contribution < -0.4 is 0 Å². The van der Waals surface area contributed by atoms with Crippen LogP contribution in [0.5, 0.6) is 0 Å². The molecular weight excluding hydrogens is 1300 g/mol. The molecular formula is C84H57BBr2N6O2. The summed E-state index contributed by atoms with van der Waals surface area (Å²) in [5, 5.41) is 28.7. The number of halogens is 2. The lowest BCUT2D eigenvalue weighted by atomic mass is 9.63. The Hall–Kier alpha value is -10.9. The highest BCUT2D eigenvalue weighted by Gasteiger charge is 2.33. The fourth-order valence-corrected chi connectivity index (χ4v) is 14.2. The van der Waals surface area contributed by atoms with Gasteiger partial charge in [0.15, 0.2) is 34.9 Å². The molecule has 12 aromatic carbocycles. The van der Waals surface area contributed by atoms with Gasteiger partial charge in [-0.05, 0) is 130 Å². The number of benzene rings is 12. The second kappa shape index (κ2) is 27.0. The number of fused-ring (bicyclic) bond motifs is 9. The molecule has 0 fully saturated rings. The Labute approximate surface area is 567 Å². The molecule has 0 bridgehead atoms. The predicted molar refractivity (Wildman–Crippen MR) is 397 cm³/mol. The molecule has 0 spiro atoms. The molecule has 0 radical (unpaired) electrons. The molecule has 0 amide bonds. The van der Waals surface area contributed by atoms with Crippen LogP contribution in [0.3, 0.4) is 0 Å². The van der Waals surface area contributed by atoms with Crippen LogP contribution in [0.1, 0.15) is 0 Å². The Morgan fingerprint density at radius 3 is 1.05 bits per heavy atom. The first-order valence-corrected chi connectivity index (χ1v) is 33.0. The van der Waals surface area contributed by atoms with Crippen molar-refractivity contribution < 1.29 is 10.0 Å². The molecule has 452 valence electrons. The number of rotatable bonds is 9.